The summed E-state index contributed by atoms with van der Waals surface area (Å²) in [4.78, 5) is 6.84. The maximum atomic E-state index is 13.5. The van der Waals surface area contributed by atoms with Crippen molar-refractivity contribution in [3.05, 3.63) is 71.9 Å². The highest BCUT2D eigenvalue weighted by Crippen LogP contribution is 2.36. The lowest BCUT2D eigenvalue weighted by atomic mass is 10.2. The van der Waals surface area contributed by atoms with E-state index in [0.29, 0.717) is 6.20 Å². The molecule has 1 heterocycles. The molecule has 0 saturated carbocycles. The number of nitrogens with zero attached hydrogens (tertiary/aromatic N) is 2. The van der Waals surface area contributed by atoms with Gasteiger partial charge in [-0.2, -0.15) is 26.9 Å². The molecule has 2 aromatic carbocycles. The van der Waals surface area contributed by atoms with Crippen molar-refractivity contribution in [3.8, 4) is 5.88 Å². The van der Waals surface area contributed by atoms with Crippen LogP contribution < -0.4 is 10.1 Å². The van der Waals surface area contributed by atoms with Gasteiger partial charge in [-0.3, -0.25) is 0 Å². The maximum Gasteiger partial charge on any atom is 0.423 e. The van der Waals surface area contributed by atoms with E-state index in [1.54, 1.807) is 6.92 Å². The topological polar surface area (TPSA) is 90.4 Å². The van der Waals surface area contributed by atoms with Gasteiger partial charge in [-0.25, -0.2) is 13.4 Å². The summed E-state index contributed by atoms with van der Waals surface area (Å²) in [6.45, 7) is 3.42. The van der Waals surface area contributed by atoms with Gasteiger partial charge in [-0.15, -0.1) is 0 Å². The number of benzene rings is 2. The lowest BCUT2D eigenvalue weighted by Crippen LogP contribution is -2.30. The number of hydrogen-bond acceptors (Lipinski definition) is 7. The van der Waals surface area contributed by atoms with Crippen LogP contribution in [0.4, 0.5) is 33.6 Å². The Balaban J connectivity index is 1.76. The minimum Gasteiger partial charge on any atom is -0.471 e. The molecule has 0 bridgehead atoms. The van der Waals surface area contributed by atoms with Gasteiger partial charge in [0.1, 0.15) is 11.7 Å². The zero-order valence-corrected chi connectivity index (χ0v) is 19.9. The number of halogens is 5. The van der Waals surface area contributed by atoms with Crippen molar-refractivity contribution < 1.29 is 39.8 Å². The second kappa shape index (κ2) is 11.2. The third-order valence-corrected chi connectivity index (χ3v) is 6.45. The average Bonchev–Trinajstić information content (AvgIpc) is 2.82. The SMILES string of the molecule is C[C@@H](OCc1ccccc1)[C@@H](C)Oc1nc(Nc2ccc(S(=O)(=O)C(F)F)cc2)ncc1C(F)(F)F. The molecule has 0 unspecified atom stereocenters. The monoisotopic (exact) mass is 531 g/mol. The number of rotatable bonds is 10. The molecule has 1 N–H and O–H groups in total. The second-order valence-corrected chi connectivity index (χ2v) is 9.61. The van der Waals surface area contributed by atoms with Gasteiger partial charge in [0, 0.05) is 11.9 Å². The highest BCUT2D eigenvalue weighted by atomic mass is 32.2. The van der Waals surface area contributed by atoms with Crippen LogP contribution in [0.1, 0.15) is 25.0 Å². The summed E-state index contributed by atoms with van der Waals surface area (Å²) in [6, 6.07) is 13.4. The lowest BCUT2D eigenvalue weighted by molar-refractivity contribution is -0.140. The molecule has 1 aromatic heterocycles. The highest BCUT2D eigenvalue weighted by Gasteiger charge is 2.37. The molecule has 0 saturated heterocycles. The molecular formula is C23H22F5N3O4S. The molecule has 0 radical (unpaired) electrons. The number of hydrogen-bond donors (Lipinski definition) is 1. The molecule has 0 aliphatic rings. The van der Waals surface area contributed by atoms with Gasteiger partial charge in [0.2, 0.25) is 21.7 Å². The fourth-order valence-electron chi connectivity index (χ4n) is 2.88. The fourth-order valence-corrected chi connectivity index (χ4v) is 3.60. The molecule has 13 heteroatoms. The summed E-state index contributed by atoms with van der Waals surface area (Å²) in [6.07, 6.45) is -5.67. The maximum absolute atomic E-state index is 13.5. The van der Waals surface area contributed by atoms with Crippen molar-refractivity contribution in [1.82, 2.24) is 9.97 Å². The predicted molar refractivity (Wildman–Crippen MR) is 121 cm³/mol. The summed E-state index contributed by atoms with van der Waals surface area (Å²) in [5.41, 5.74) is -0.163. The first-order valence-corrected chi connectivity index (χ1v) is 12.1. The third kappa shape index (κ3) is 6.88. The van der Waals surface area contributed by atoms with Crippen LogP contribution in [-0.4, -0.2) is 36.4 Å². The zero-order valence-electron chi connectivity index (χ0n) is 19.0. The molecule has 36 heavy (non-hydrogen) atoms. The number of ether oxygens (including phenoxy) is 2. The van der Waals surface area contributed by atoms with Crippen molar-refractivity contribution in [1.29, 1.82) is 0 Å². The normalized spacial score (nSPS) is 13.9. The summed E-state index contributed by atoms with van der Waals surface area (Å²) < 4.78 is 100. The molecule has 3 aromatic rings. The van der Waals surface area contributed by atoms with Gasteiger partial charge in [-0.05, 0) is 43.7 Å². The van der Waals surface area contributed by atoms with Crippen LogP contribution in [0.2, 0.25) is 0 Å². The Kier molecular flexibility index (Phi) is 8.46. The second-order valence-electron chi connectivity index (χ2n) is 7.69. The Hall–Kier alpha value is -3.32. The first kappa shape index (κ1) is 27.3. The molecule has 3 rings (SSSR count). The van der Waals surface area contributed by atoms with Crippen molar-refractivity contribution in [2.24, 2.45) is 0 Å². The average molecular weight is 532 g/mol. The van der Waals surface area contributed by atoms with Crippen LogP contribution in [0.25, 0.3) is 0 Å². The van der Waals surface area contributed by atoms with Crippen molar-refractivity contribution in [3.63, 3.8) is 0 Å². The van der Waals surface area contributed by atoms with E-state index in [2.05, 4.69) is 15.3 Å². The van der Waals surface area contributed by atoms with Crippen LogP contribution in [-0.2, 0) is 27.4 Å². The summed E-state index contributed by atoms with van der Waals surface area (Å²) in [7, 11) is -4.79. The molecule has 0 amide bonds. The van der Waals surface area contributed by atoms with Crippen molar-refractivity contribution in [2.45, 2.75) is 49.5 Å². The fraction of sp³-hybridized carbons (Fsp3) is 0.304. The summed E-state index contributed by atoms with van der Waals surface area (Å²) in [5, 5.41) is 2.60. The zero-order chi connectivity index (χ0) is 26.5. The van der Waals surface area contributed by atoms with Gasteiger partial charge < -0.3 is 14.8 Å². The Bertz CT molecular complexity index is 1260. The molecule has 0 fully saturated rings. The molecule has 7 nitrogen and oxygen atoms in total. The quantitative estimate of drug-likeness (QED) is 0.340. The van der Waals surface area contributed by atoms with E-state index in [4.69, 9.17) is 9.47 Å². The Labute approximate surface area is 204 Å². The molecular weight excluding hydrogens is 509 g/mol. The third-order valence-electron chi connectivity index (χ3n) is 5.05. The molecule has 0 aliphatic carbocycles. The Morgan fingerprint density at radius 2 is 1.61 bits per heavy atom. The molecule has 0 spiro atoms. The molecule has 194 valence electrons. The lowest BCUT2D eigenvalue weighted by Gasteiger charge is -2.23. The Morgan fingerprint density at radius 1 is 0.972 bits per heavy atom. The number of sulfone groups is 1. The number of alkyl halides is 5. The first-order chi connectivity index (χ1) is 16.9. The number of aromatic nitrogens is 2. The van der Waals surface area contributed by atoms with Crippen molar-refractivity contribution in [2.75, 3.05) is 5.32 Å². The molecule has 0 aliphatic heterocycles. The Morgan fingerprint density at radius 3 is 2.19 bits per heavy atom. The van der Waals surface area contributed by atoms with Gasteiger partial charge in [0.15, 0.2) is 0 Å². The van der Waals surface area contributed by atoms with E-state index in [1.165, 1.54) is 6.92 Å². The minimum absolute atomic E-state index is 0.154. The van der Waals surface area contributed by atoms with E-state index in [1.807, 2.05) is 30.3 Å². The number of anilines is 2. The first-order valence-electron chi connectivity index (χ1n) is 10.5. The van der Waals surface area contributed by atoms with Gasteiger partial charge >= 0.3 is 11.9 Å². The van der Waals surface area contributed by atoms with E-state index < -0.39 is 50.3 Å². The van der Waals surface area contributed by atoms with Crippen LogP contribution >= 0.6 is 0 Å². The number of nitrogens with one attached hydrogen (secondary N) is 1. The predicted octanol–water partition coefficient (Wildman–Crippen LogP) is 5.61. The van der Waals surface area contributed by atoms with Crippen molar-refractivity contribution >= 4 is 21.5 Å². The van der Waals surface area contributed by atoms with E-state index in [-0.39, 0.29) is 18.2 Å². The van der Waals surface area contributed by atoms with E-state index in [9.17, 15) is 30.4 Å². The largest absolute Gasteiger partial charge is 0.471 e. The minimum atomic E-state index is -4.80. The van der Waals surface area contributed by atoms with E-state index >= 15 is 0 Å². The summed E-state index contributed by atoms with van der Waals surface area (Å²) >= 11 is 0. The smallest absolute Gasteiger partial charge is 0.423 e. The highest BCUT2D eigenvalue weighted by molar-refractivity contribution is 7.91. The van der Waals surface area contributed by atoms with E-state index in [0.717, 1.165) is 29.8 Å². The summed E-state index contributed by atoms with van der Waals surface area (Å²) in [5.74, 6) is -4.61. The van der Waals surface area contributed by atoms with Crippen LogP contribution in [0.15, 0.2) is 65.7 Å². The van der Waals surface area contributed by atoms with Gasteiger partial charge in [-0.1, -0.05) is 30.3 Å². The molecule has 2 atom stereocenters. The van der Waals surface area contributed by atoms with Gasteiger partial charge in [0.05, 0.1) is 17.6 Å². The van der Waals surface area contributed by atoms with Crippen LogP contribution in [0.5, 0.6) is 5.88 Å². The van der Waals surface area contributed by atoms with Crippen LogP contribution in [0.3, 0.4) is 0 Å². The van der Waals surface area contributed by atoms with Crippen LogP contribution in [0, 0.1) is 0 Å². The standard InChI is InChI=1S/C23H22F5N3O4S/c1-14(34-13-16-6-4-3-5-7-16)15(2)35-20-19(23(26,27)28)12-29-22(31-20)30-17-8-10-18(11-9-17)36(32,33)21(24)25/h3-12,14-15,21H,13H2,1-2H3,(H,29,30,31)/t14-,15-/m1/s1. The van der Waals surface area contributed by atoms with Gasteiger partial charge in [0.25, 0.3) is 0 Å².